The average molecular weight is 278 g/mol. The highest BCUT2D eigenvalue weighted by molar-refractivity contribution is 9.10. The SMILES string of the molecule is C=Cc1c(Br)ccc(C(F)(F)F)c1N=C. The van der Waals surface area contributed by atoms with Crippen molar-refractivity contribution in [2.75, 3.05) is 0 Å². The van der Waals surface area contributed by atoms with E-state index in [0.29, 0.717) is 10.0 Å². The Hall–Kier alpha value is -1.10. The van der Waals surface area contributed by atoms with Crippen LogP contribution >= 0.6 is 15.9 Å². The number of nitrogens with zero attached hydrogens (tertiary/aromatic N) is 1. The van der Waals surface area contributed by atoms with Crippen molar-refractivity contribution in [3.63, 3.8) is 0 Å². The summed E-state index contributed by atoms with van der Waals surface area (Å²) in [7, 11) is 0. The fourth-order valence-corrected chi connectivity index (χ4v) is 1.66. The minimum Gasteiger partial charge on any atom is -0.263 e. The van der Waals surface area contributed by atoms with Gasteiger partial charge in [0.2, 0.25) is 0 Å². The number of hydrogen-bond acceptors (Lipinski definition) is 1. The summed E-state index contributed by atoms with van der Waals surface area (Å²) in [5, 5.41) is 0. The van der Waals surface area contributed by atoms with Crippen LogP contribution in [0.5, 0.6) is 0 Å². The topological polar surface area (TPSA) is 12.4 Å². The Kier molecular flexibility index (Phi) is 3.34. The first-order valence-electron chi connectivity index (χ1n) is 3.90. The van der Waals surface area contributed by atoms with Gasteiger partial charge in [0.15, 0.2) is 0 Å². The van der Waals surface area contributed by atoms with Crippen molar-refractivity contribution >= 4 is 34.4 Å². The highest BCUT2D eigenvalue weighted by atomic mass is 79.9. The average Bonchev–Trinajstić information content (AvgIpc) is 2.15. The summed E-state index contributed by atoms with van der Waals surface area (Å²) in [6.45, 7) is 6.57. The van der Waals surface area contributed by atoms with Crippen LogP contribution in [0.25, 0.3) is 6.08 Å². The van der Waals surface area contributed by atoms with Crippen molar-refractivity contribution in [2.45, 2.75) is 6.18 Å². The van der Waals surface area contributed by atoms with Crippen LogP contribution in [0.1, 0.15) is 11.1 Å². The summed E-state index contributed by atoms with van der Waals surface area (Å²) in [6, 6.07) is 2.27. The van der Waals surface area contributed by atoms with Crippen LogP contribution in [0, 0.1) is 0 Å². The molecular formula is C10H7BrF3N. The van der Waals surface area contributed by atoms with Gasteiger partial charge in [0.1, 0.15) is 0 Å². The zero-order valence-electron chi connectivity index (χ0n) is 7.61. The van der Waals surface area contributed by atoms with E-state index >= 15 is 0 Å². The zero-order chi connectivity index (χ0) is 11.6. The number of alkyl halides is 3. The van der Waals surface area contributed by atoms with Gasteiger partial charge in [-0.15, -0.1) is 0 Å². The van der Waals surface area contributed by atoms with Crippen molar-refractivity contribution in [1.29, 1.82) is 0 Å². The number of aliphatic imine (C=N–C) groups is 1. The Morgan fingerprint density at radius 1 is 1.33 bits per heavy atom. The molecule has 0 bridgehead atoms. The summed E-state index contributed by atoms with van der Waals surface area (Å²) < 4.78 is 38.1. The molecule has 0 atom stereocenters. The summed E-state index contributed by atoms with van der Waals surface area (Å²) in [5.74, 6) is 0. The van der Waals surface area contributed by atoms with Gasteiger partial charge < -0.3 is 0 Å². The van der Waals surface area contributed by atoms with Crippen LogP contribution in [0.4, 0.5) is 18.9 Å². The summed E-state index contributed by atoms with van der Waals surface area (Å²) >= 11 is 3.12. The molecule has 1 aromatic rings. The molecule has 0 fully saturated rings. The molecule has 0 saturated heterocycles. The second-order valence-electron chi connectivity index (χ2n) is 2.72. The van der Waals surface area contributed by atoms with Gasteiger partial charge in [-0.3, -0.25) is 4.99 Å². The molecule has 0 amide bonds. The highest BCUT2D eigenvalue weighted by Crippen LogP contribution is 2.40. The zero-order valence-corrected chi connectivity index (χ0v) is 9.19. The van der Waals surface area contributed by atoms with Crippen LogP contribution < -0.4 is 0 Å². The molecule has 0 aliphatic heterocycles. The fraction of sp³-hybridized carbons (Fsp3) is 0.100. The van der Waals surface area contributed by atoms with Gasteiger partial charge in [0.05, 0.1) is 11.3 Å². The molecule has 0 radical (unpaired) electrons. The first-order chi connectivity index (χ1) is 6.91. The van der Waals surface area contributed by atoms with Crippen molar-refractivity contribution in [1.82, 2.24) is 0 Å². The van der Waals surface area contributed by atoms with Gasteiger partial charge in [-0.1, -0.05) is 28.6 Å². The Morgan fingerprint density at radius 2 is 1.93 bits per heavy atom. The standard InChI is InChI=1S/C10H7BrF3N/c1-3-6-8(11)5-4-7(9(6)15-2)10(12,13)14/h3-5H,1-2H2. The molecule has 15 heavy (non-hydrogen) atoms. The third-order valence-electron chi connectivity index (χ3n) is 1.83. The van der Waals surface area contributed by atoms with Gasteiger partial charge in [0, 0.05) is 10.0 Å². The number of halogens is 4. The predicted molar refractivity (Wildman–Crippen MR) is 58.4 cm³/mol. The largest absolute Gasteiger partial charge is 0.418 e. The number of benzene rings is 1. The van der Waals surface area contributed by atoms with Crippen LogP contribution in [0.2, 0.25) is 0 Å². The second kappa shape index (κ2) is 4.18. The van der Waals surface area contributed by atoms with Gasteiger partial charge in [-0.2, -0.15) is 13.2 Å². The predicted octanol–water partition coefficient (Wildman–Crippen LogP) is 4.44. The third-order valence-corrected chi connectivity index (χ3v) is 2.52. The Morgan fingerprint density at radius 3 is 2.33 bits per heavy atom. The van der Waals surface area contributed by atoms with Crippen LogP contribution in [-0.2, 0) is 6.18 Å². The molecule has 0 unspecified atom stereocenters. The molecule has 80 valence electrons. The highest BCUT2D eigenvalue weighted by Gasteiger charge is 2.34. The molecule has 0 saturated carbocycles. The lowest BCUT2D eigenvalue weighted by atomic mass is 10.1. The third kappa shape index (κ3) is 2.28. The van der Waals surface area contributed by atoms with Crippen molar-refractivity contribution in [2.24, 2.45) is 4.99 Å². The first-order valence-corrected chi connectivity index (χ1v) is 4.70. The molecular weight excluding hydrogens is 271 g/mol. The normalized spacial score (nSPS) is 11.2. The molecule has 0 aromatic heterocycles. The first kappa shape index (κ1) is 12.0. The van der Waals surface area contributed by atoms with Gasteiger partial charge in [-0.25, -0.2) is 0 Å². The molecule has 0 heterocycles. The van der Waals surface area contributed by atoms with E-state index in [9.17, 15) is 13.2 Å². The molecule has 0 N–H and O–H groups in total. The lowest BCUT2D eigenvalue weighted by molar-refractivity contribution is -0.137. The number of rotatable bonds is 2. The fourth-order valence-electron chi connectivity index (χ4n) is 1.18. The quantitative estimate of drug-likeness (QED) is 0.709. The maximum atomic E-state index is 12.5. The van der Waals surface area contributed by atoms with Crippen LogP contribution in [0.15, 0.2) is 28.2 Å². The smallest absolute Gasteiger partial charge is 0.263 e. The lowest BCUT2D eigenvalue weighted by Gasteiger charge is -2.12. The second-order valence-corrected chi connectivity index (χ2v) is 3.57. The van der Waals surface area contributed by atoms with E-state index in [1.54, 1.807) is 0 Å². The minimum absolute atomic E-state index is 0.202. The Balaban J connectivity index is 3.56. The molecule has 1 aromatic carbocycles. The van der Waals surface area contributed by atoms with E-state index in [4.69, 9.17) is 0 Å². The van der Waals surface area contributed by atoms with Gasteiger partial charge in [0.25, 0.3) is 0 Å². The van der Waals surface area contributed by atoms with E-state index in [1.165, 1.54) is 12.1 Å². The van der Waals surface area contributed by atoms with E-state index < -0.39 is 11.7 Å². The van der Waals surface area contributed by atoms with Crippen LogP contribution in [-0.4, -0.2) is 6.72 Å². The lowest BCUT2D eigenvalue weighted by Crippen LogP contribution is -2.06. The Labute approximate surface area is 93.5 Å². The van der Waals surface area contributed by atoms with Crippen LogP contribution in [0.3, 0.4) is 0 Å². The van der Waals surface area contributed by atoms with Crippen molar-refractivity contribution in [3.05, 3.63) is 34.3 Å². The molecule has 1 rings (SSSR count). The van der Waals surface area contributed by atoms with E-state index in [0.717, 1.165) is 6.07 Å². The van der Waals surface area contributed by atoms with Gasteiger partial charge >= 0.3 is 6.18 Å². The molecule has 5 heteroatoms. The molecule has 0 spiro atoms. The van der Waals surface area contributed by atoms with E-state index in [1.807, 2.05) is 0 Å². The van der Waals surface area contributed by atoms with E-state index in [2.05, 4.69) is 34.2 Å². The van der Waals surface area contributed by atoms with Crippen molar-refractivity contribution in [3.8, 4) is 0 Å². The monoisotopic (exact) mass is 277 g/mol. The van der Waals surface area contributed by atoms with E-state index in [-0.39, 0.29) is 5.69 Å². The minimum atomic E-state index is -4.44. The maximum Gasteiger partial charge on any atom is 0.418 e. The van der Waals surface area contributed by atoms with Gasteiger partial charge in [-0.05, 0) is 18.9 Å². The molecule has 0 aliphatic rings. The summed E-state index contributed by atoms with van der Waals surface area (Å²) in [4.78, 5) is 3.40. The molecule has 0 aliphatic carbocycles. The summed E-state index contributed by atoms with van der Waals surface area (Å²) in [6.07, 6.45) is -3.13. The number of hydrogen-bond donors (Lipinski definition) is 0. The van der Waals surface area contributed by atoms with Crippen molar-refractivity contribution < 1.29 is 13.2 Å². The Bertz CT molecular complexity index is 410. The maximum absolute atomic E-state index is 12.5. The molecule has 1 nitrogen and oxygen atoms in total. The summed E-state index contributed by atoms with van der Waals surface area (Å²) in [5.41, 5.74) is -0.720.